The van der Waals surface area contributed by atoms with Crippen LogP contribution in [0.3, 0.4) is 0 Å². The first-order valence-electron chi connectivity index (χ1n) is 9.99. The summed E-state index contributed by atoms with van der Waals surface area (Å²) in [5.41, 5.74) is 3.98. The van der Waals surface area contributed by atoms with Crippen molar-refractivity contribution in [2.45, 2.75) is 38.5 Å². The van der Waals surface area contributed by atoms with Gasteiger partial charge in [-0.3, -0.25) is 4.79 Å². The maximum Gasteiger partial charge on any atom is 0.253 e. The van der Waals surface area contributed by atoms with Gasteiger partial charge in [-0.25, -0.2) is 4.98 Å². The van der Waals surface area contributed by atoms with Crippen LogP contribution in [0, 0.1) is 12.8 Å². The third-order valence-electron chi connectivity index (χ3n) is 5.52. The first-order chi connectivity index (χ1) is 13.6. The number of aromatic nitrogens is 1. The summed E-state index contributed by atoms with van der Waals surface area (Å²) < 4.78 is 6.48. The molecule has 1 saturated carbocycles. The zero-order valence-corrected chi connectivity index (χ0v) is 17.7. The molecule has 0 unspecified atom stereocenters. The van der Waals surface area contributed by atoms with Crippen LogP contribution in [0.15, 0.2) is 34.9 Å². The van der Waals surface area contributed by atoms with Crippen molar-refractivity contribution in [1.82, 2.24) is 10.3 Å². The van der Waals surface area contributed by atoms with Crippen LogP contribution in [-0.4, -0.2) is 30.6 Å². The van der Waals surface area contributed by atoms with Gasteiger partial charge in [0.2, 0.25) is 0 Å². The second kappa shape index (κ2) is 8.62. The van der Waals surface area contributed by atoms with Crippen molar-refractivity contribution >= 4 is 33.3 Å². The molecule has 5 nitrogen and oxygen atoms in total. The van der Waals surface area contributed by atoms with Crippen LogP contribution in [0.2, 0.25) is 0 Å². The van der Waals surface area contributed by atoms with Gasteiger partial charge in [-0.15, -0.1) is 0 Å². The van der Waals surface area contributed by atoms with Gasteiger partial charge in [-0.2, -0.15) is 0 Å². The Bertz CT molecular complexity index is 861. The zero-order chi connectivity index (χ0) is 19.5. The summed E-state index contributed by atoms with van der Waals surface area (Å²) in [6.45, 7) is 4.37. The molecule has 0 radical (unpaired) electrons. The third-order valence-corrected chi connectivity index (χ3v) is 6.41. The van der Waals surface area contributed by atoms with Crippen molar-refractivity contribution in [3.05, 3.63) is 51.6 Å². The molecule has 4 rings (SSSR count). The predicted octanol–water partition coefficient (Wildman–Crippen LogP) is 4.93. The molecule has 0 spiro atoms. The minimum absolute atomic E-state index is 0.00747. The molecule has 1 saturated heterocycles. The third kappa shape index (κ3) is 4.73. The van der Waals surface area contributed by atoms with E-state index in [-0.39, 0.29) is 5.91 Å². The number of carbonyl (C=O) groups excluding carboxylic acids is 1. The monoisotopic (exact) mass is 443 g/mol. The molecule has 2 aromatic rings. The fourth-order valence-electron chi connectivity index (χ4n) is 3.61. The van der Waals surface area contributed by atoms with Gasteiger partial charge in [0.1, 0.15) is 5.82 Å². The van der Waals surface area contributed by atoms with Crippen LogP contribution in [0.4, 0.5) is 11.5 Å². The minimum Gasteiger partial charge on any atom is -0.381 e. The van der Waals surface area contributed by atoms with Gasteiger partial charge in [0.05, 0.1) is 5.56 Å². The molecule has 2 heterocycles. The smallest absolute Gasteiger partial charge is 0.253 e. The molecule has 0 bridgehead atoms. The molecule has 2 N–H and O–H groups in total. The van der Waals surface area contributed by atoms with E-state index in [1.54, 1.807) is 6.20 Å². The van der Waals surface area contributed by atoms with Crippen LogP contribution in [-0.2, 0) is 4.74 Å². The number of halogens is 1. The first kappa shape index (κ1) is 19.4. The van der Waals surface area contributed by atoms with Gasteiger partial charge < -0.3 is 15.4 Å². The normalized spacial score (nSPS) is 17.4. The van der Waals surface area contributed by atoms with Crippen LogP contribution >= 0.6 is 15.9 Å². The number of hydrogen-bond donors (Lipinski definition) is 2. The maximum absolute atomic E-state index is 12.8. The van der Waals surface area contributed by atoms with E-state index in [1.165, 1.54) is 0 Å². The highest BCUT2D eigenvalue weighted by Crippen LogP contribution is 2.42. The Hall–Kier alpha value is -1.92. The highest BCUT2D eigenvalue weighted by Gasteiger charge is 2.29. The Morgan fingerprint density at radius 1 is 1.21 bits per heavy atom. The summed E-state index contributed by atoms with van der Waals surface area (Å²) in [6, 6.07) is 8.16. The van der Waals surface area contributed by atoms with E-state index < -0.39 is 0 Å². The average Bonchev–Trinajstić information content (AvgIpc) is 3.55. The maximum atomic E-state index is 12.8. The number of rotatable bonds is 6. The number of amides is 1. The number of nitrogens with one attached hydrogen (secondary N) is 2. The van der Waals surface area contributed by atoms with Crippen molar-refractivity contribution in [2.75, 3.05) is 25.1 Å². The molecular weight excluding hydrogens is 418 g/mol. The molecule has 1 aliphatic carbocycles. The van der Waals surface area contributed by atoms with Crippen LogP contribution in [0.5, 0.6) is 0 Å². The zero-order valence-electron chi connectivity index (χ0n) is 16.1. The highest BCUT2D eigenvalue weighted by atomic mass is 79.9. The molecule has 1 aliphatic heterocycles. The van der Waals surface area contributed by atoms with E-state index in [1.807, 2.05) is 18.2 Å². The predicted molar refractivity (Wildman–Crippen MR) is 114 cm³/mol. The second-order valence-corrected chi connectivity index (χ2v) is 8.64. The fraction of sp³-hybridized carbons (Fsp3) is 0.455. The number of benzene rings is 1. The van der Waals surface area contributed by atoms with Crippen molar-refractivity contribution in [2.24, 2.45) is 5.92 Å². The summed E-state index contributed by atoms with van der Waals surface area (Å²) in [6.07, 6.45) is 6.04. The summed E-state index contributed by atoms with van der Waals surface area (Å²) >= 11 is 3.53. The van der Waals surface area contributed by atoms with Crippen LogP contribution < -0.4 is 10.6 Å². The van der Waals surface area contributed by atoms with Crippen molar-refractivity contribution in [3.8, 4) is 0 Å². The summed E-state index contributed by atoms with van der Waals surface area (Å²) in [7, 11) is 0. The Labute approximate surface area is 174 Å². The van der Waals surface area contributed by atoms with Gasteiger partial charge in [0, 0.05) is 36.1 Å². The SMILES string of the molecule is Cc1cc(Nc2cc(C3CC3)c(C(=O)NCC3CCOCC3)cn2)ccc1Br. The second-order valence-electron chi connectivity index (χ2n) is 7.79. The van der Waals surface area contributed by atoms with Crippen molar-refractivity contribution in [3.63, 3.8) is 0 Å². The van der Waals surface area contributed by atoms with E-state index >= 15 is 0 Å². The lowest BCUT2D eigenvalue weighted by atomic mass is 10.00. The molecule has 2 aliphatic rings. The number of aryl methyl sites for hydroxylation is 1. The first-order valence-corrected chi connectivity index (χ1v) is 10.8. The Kier molecular flexibility index (Phi) is 5.97. The average molecular weight is 444 g/mol. The fourth-order valence-corrected chi connectivity index (χ4v) is 3.86. The number of ether oxygens (including phenoxy) is 1. The summed E-state index contributed by atoms with van der Waals surface area (Å²) in [5, 5.41) is 6.48. The molecule has 2 fully saturated rings. The molecule has 28 heavy (non-hydrogen) atoms. The Morgan fingerprint density at radius 3 is 2.71 bits per heavy atom. The molecule has 0 atom stereocenters. The number of carbonyl (C=O) groups is 1. The lowest BCUT2D eigenvalue weighted by Crippen LogP contribution is -2.32. The Morgan fingerprint density at radius 2 is 2.00 bits per heavy atom. The van der Waals surface area contributed by atoms with E-state index in [0.717, 1.165) is 66.0 Å². The largest absolute Gasteiger partial charge is 0.381 e. The molecule has 148 valence electrons. The Balaban J connectivity index is 1.47. The standard InChI is InChI=1S/C22H26BrN3O2/c1-14-10-17(4-5-20(14)23)26-21-11-18(16-2-3-16)19(13-24-21)22(27)25-12-15-6-8-28-9-7-15/h4-5,10-11,13,15-16H,2-3,6-9,12H2,1H3,(H,24,26)(H,25,27). The van der Waals surface area contributed by atoms with Crippen LogP contribution in [0.25, 0.3) is 0 Å². The number of pyridine rings is 1. The van der Waals surface area contributed by atoms with Gasteiger partial charge in [0.15, 0.2) is 0 Å². The highest BCUT2D eigenvalue weighted by molar-refractivity contribution is 9.10. The van der Waals surface area contributed by atoms with Gasteiger partial charge in [0.25, 0.3) is 5.91 Å². The van der Waals surface area contributed by atoms with E-state index in [4.69, 9.17) is 4.74 Å². The molecule has 1 aromatic heterocycles. The van der Waals surface area contributed by atoms with Crippen molar-refractivity contribution < 1.29 is 9.53 Å². The molecule has 1 amide bonds. The lowest BCUT2D eigenvalue weighted by Gasteiger charge is -2.22. The van der Waals surface area contributed by atoms with Crippen molar-refractivity contribution in [1.29, 1.82) is 0 Å². The van der Waals surface area contributed by atoms with E-state index in [9.17, 15) is 4.79 Å². The van der Waals surface area contributed by atoms with Gasteiger partial charge >= 0.3 is 0 Å². The number of nitrogens with zero attached hydrogens (tertiary/aromatic N) is 1. The topological polar surface area (TPSA) is 63.2 Å². The van der Waals surface area contributed by atoms with E-state index in [2.05, 4.69) is 44.5 Å². The molecule has 6 heteroatoms. The minimum atomic E-state index is -0.00747. The quantitative estimate of drug-likeness (QED) is 0.663. The summed E-state index contributed by atoms with van der Waals surface area (Å²) in [5.74, 6) is 1.76. The van der Waals surface area contributed by atoms with Gasteiger partial charge in [-0.1, -0.05) is 15.9 Å². The van der Waals surface area contributed by atoms with E-state index in [0.29, 0.717) is 23.9 Å². The van der Waals surface area contributed by atoms with Gasteiger partial charge in [-0.05, 0) is 79.8 Å². The molecule has 1 aromatic carbocycles. The number of hydrogen-bond acceptors (Lipinski definition) is 4. The summed E-state index contributed by atoms with van der Waals surface area (Å²) in [4.78, 5) is 17.3. The lowest BCUT2D eigenvalue weighted by molar-refractivity contribution is 0.0642. The van der Waals surface area contributed by atoms with Crippen LogP contribution in [0.1, 0.15) is 53.1 Å². The molecular formula is C22H26BrN3O2. The number of anilines is 2.